The van der Waals surface area contributed by atoms with Crippen molar-refractivity contribution in [1.82, 2.24) is 4.48 Å². The topological polar surface area (TPSA) is 96.2 Å². The number of carboxylic acids is 2. The van der Waals surface area contributed by atoms with Crippen LogP contribution < -0.4 is 4.48 Å². The van der Waals surface area contributed by atoms with Gasteiger partial charge in [-0.2, -0.15) is 0 Å². The summed E-state index contributed by atoms with van der Waals surface area (Å²) in [6.07, 6.45) is 1.75. The first-order valence-corrected chi connectivity index (χ1v) is 7.12. The van der Waals surface area contributed by atoms with Gasteiger partial charge in [-0.05, 0) is 6.07 Å². The minimum atomic E-state index is -1.67. The molecule has 120 valence electrons. The van der Waals surface area contributed by atoms with Gasteiger partial charge in [-0.25, -0.2) is 9.59 Å². The van der Waals surface area contributed by atoms with Crippen molar-refractivity contribution in [1.29, 1.82) is 0 Å². The summed E-state index contributed by atoms with van der Waals surface area (Å²) in [7, 11) is 3.99. The lowest BCUT2D eigenvalue weighted by Crippen LogP contribution is -2.40. The lowest BCUT2D eigenvalue weighted by Gasteiger charge is -2.21. The number of quaternary nitrogens is 1. The molecule has 1 aromatic carbocycles. The third-order valence-electron chi connectivity index (χ3n) is 4.25. The van der Waals surface area contributed by atoms with Crippen LogP contribution in [0, 0.1) is 0 Å². The number of rotatable bonds is 4. The molecule has 0 spiro atoms. The second kappa shape index (κ2) is 4.92. The Hall–Kier alpha value is -2.67. The standard InChI is InChI=1S/C16H16N2O5/c1-18(2)9-10(11-5-3-4-6-13(11)18)7-16(15(21)22)8-12(14(19)20)17-23-16/h3-6,9H,7-8H2,1-2H3,(H-,19,20,21,22)/p+1. The van der Waals surface area contributed by atoms with Gasteiger partial charge < -0.3 is 15.1 Å². The minimum Gasteiger partial charge on any atom is -0.478 e. The number of hydrogen-bond acceptors (Lipinski definition) is 4. The molecule has 0 saturated heterocycles. The normalized spacial score (nSPS) is 24.4. The maximum Gasteiger partial charge on any atom is 0.353 e. The second-order valence-corrected chi connectivity index (χ2v) is 6.30. The van der Waals surface area contributed by atoms with Gasteiger partial charge >= 0.3 is 11.9 Å². The molecule has 1 aromatic rings. The van der Waals surface area contributed by atoms with Crippen LogP contribution in [0.4, 0.5) is 5.69 Å². The van der Waals surface area contributed by atoms with Crippen LogP contribution in [0.15, 0.2) is 35.6 Å². The van der Waals surface area contributed by atoms with Gasteiger partial charge in [-0.15, -0.1) is 0 Å². The van der Waals surface area contributed by atoms with Crippen LogP contribution in [0.2, 0.25) is 0 Å². The Morgan fingerprint density at radius 2 is 2.00 bits per heavy atom. The van der Waals surface area contributed by atoms with E-state index in [1.807, 2.05) is 44.6 Å². The third-order valence-corrected chi connectivity index (χ3v) is 4.25. The molecule has 2 N–H and O–H groups in total. The van der Waals surface area contributed by atoms with Crippen molar-refractivity contribution in [3.05, 3.63) is 36.0 Å². The van der Waals surface area contributed by atoms with Gasteiger partial charge in [0, 0.05) is 23.6 Å². The number of hydrogen-bond donors (Lipinski definition) is 2. The Kier molecular flexibility index (Phi) is 3.26. The summed E-state index contributed by atoms with van der Waals surface area (Å²) in [4.78, 5) is 27.8. The fourth-order valence-electron chi connectivity index (χ4n) is 3.10. The molecule has 23 heavy (non-hydrogen) atoms. The van der Waals surface area contributed by atoms with E-state index in [0.29, 0.717) is 4.48 Å². The predicted molar refractivity (Wildman–Crippen MR) is 83.8 cm³/mol. The van der Waals surface area contributed by atoms with E-state index < -0.39 is 17.5 Å². The van der Waals surface area contributed by atoms with Crippen LogP contribution >= 0.6 is 0 Å². The lowest BCUT2D eigenvalue weighted by atomic mass is 9.87. The van der Waals surface area contributed by atoms with Crippen LogP contribution in [-0.4, -0.2) is 47.6 Å². The van der Waals surface area contributed by atoms with E-state index in [9.17, 15) is 14.7 Å². The van der Waals surface area contributed by atoms with Crippen molar-refractivity contribution < 1.29 is 24.6 Å². The molecule has 2 heterocycles. The van der Waals surface area contributed by atoms with Crippen molar-refractivity contribution in [2.45, 2.75) is 18.4 Å². The Bertz CT molecular complexity index is 765. The SMILES string of the molecule is C[N+]1(C)C=C(CC2(C(=O)O)CC(C(=O)O)=NO2)c2ccccc21. The molecule has 0 fully saturated rings. The van der Waals surface area contributed by atoms with E-state index in [1.165, 1.54) is 0 Å². The molecule has 7 heteroatoms. The molecule has 1 unspecified atom stereocenters. The van der Waals surface area contributed by atoms with Gasteiger partial charge in [0.1, 0.15) is 11.9 Å². The third kappa shape index (κ3) is 2.39. The van der Waals surface area contributed by atoms with Crippen molar-refractivity contribution in [2.75, 3.05) is 14.1 Å². The van der Waals surface area contributed by atoms with Crippen LogP contribution in [0.3, 0.4) is 0 Å². The number of nitrogens with zero attached hydrogens (tertiary/aromatic N) is 2. The maximum atomic E-state index is 11.7. The molecule has 0 aromatic heterocycles. The number of para-hydroxylation sites is 1. The van der Waals surface area contributed by atoms with Gasteiger partial charge in [-0.1, -0.05) is 17.3 Å². The maximum absolute atomic E-state index is 11.7. The van der Waals surface area contributed by atoms with E-state index in [-0.39, 0.29) is 18.6 Å². The number of aliphatic carboxylic acids is 2. The van der Waals surface area contributed by atoms with Gasteiger partial charge in [0.15, 0.2) is 5.71 Å². The van der Waals surface area contributed by atoms with Crippen molar-refractivity contribution in [3.8, 4) is 0 Å². The Balaban J connectivity index is 1.95. The number of fused-ring (bicyclic) bond motifs is 1. The van der Waals surface area contributed by atoms with E-state index in [1.54, 1.807) is 0 Å². The summed E-state index contributed by atoms with van der Waals surface area (Å²) in [5, 5.41) is 22.0. The largest absolute Gasteiger partial charge is 0.478 e. The van der Waals surface area contributed by atoms with Gasteiger partial charge in [0.2, 0.25) is 5.60 Å². The lowest BCUT2D eigenvalue weighted by molar-refractivity contribution is -0.161. The first kappa shape index (κ1) is 15.2. The zero-order valence-corrected chi connectivity index (χ0v) is 12.8. The summed E-state index contributed by atoms with van der Waals surface area (Å²) in [5.74, 6) is -2.47. The van der Waals surface area contributed by atoms with Crippen LogP contribution in [0.1, 0.15) is 18.4 Å². The summed E-state index contributed by atoms with van der Waals surface area (Å²) < 4.78 is 0.494. The van der Waals surface area contributed by atoms with Crippen LogP contribution in [0.25, 0.3) is 5.57 Å². The molecule has 0 radical (unpaired) electrons. The monoisotopic (exact) mass is 317 g/mol. The van der Waals surface area contributed by atoms with E-state index >= 15 is 0 Å². The van der Waals surface area contributed by atoms with Gasteiger partial charge in [0.25, 0.3) is 0 Å². The molecule has 3 rings (SSSR count). The highest BCUT2D eigenvalue weighted by atomic mass is 16.7. The van der Waals surface area contributed by atoms with Crippen LogP contribution in [-0.2, 0) is 14.4 Å². The highest BCUT2D eigenvalue weighted by Crippen LogP contribution is 2.43. The number of carbonyl (C=O) groups is 2. The average molecular weight is 317 g/mol. The summed E-state index contributed by atoms with van der Waals surface area (Å²) in [5.41, 5.74) is 0.880. The van der Waals surface area contributed by atoms with Gasteiger partial charge in [-0.3, -0.25) is 4.48 Å². The van der Waals surface area contributed by atoms with Crippen molar-refractivity contribution in [2.24, 2.45) is 5.16 Å². The molecule has 0 saturated carbocycles. The van der Waals surface area contributed by atoms with E-state index in [2.05, 4.69) is 5.16 Å². The van der Waals surface area contributed by atoms with Crippen molar-refractivity contribution in [3.63, 3.8) is 0 Å². The molecule has 0 bridgehead atoms. The first-order chi connectivity index (χ1) is 10.8. The molecular weight excluding hydrogens is 300 g/mol. The molecule has 2 aliphatic rings. The molecule has 2 aliphatic heterocycles. The summed E-state index contributed by atoms with van der Waals surface area (Å²) >= 11 is 0. The first-order valence-electron chi connectivity index (χ1n) is 7.12. The highest BCUT2D eigenvalue weighted by Gasteiger charge is 2.50. The molecule has 1 atom stereocenters. The quantitative estimate of drug-likeness (QED) is 0.824. The van der Waals surface area contributed by atoms with Gasteiger partial charge in [0.05, 0.1) is 20.5 Å². The van der Waals surface area contributed by atoms with Crippen LogP contribution in [0.5, 0.6) is 0 Å². The zero-order valence-electron chi connectivity index (χ0n) is 12.8. The zero-order chi connectivity index (χ0) is 16.8. The highest BCUT2D eigenvalue weighted by molar-refractivity contribution is 6.36. The smallest absolute Gasteiger partial charge is 0.353 e. The molecule has 0 aliphatic carbocycles. The van der Waals surface area contributed by atoms with E-state index in [0.717, 1.165) is 16.8 Å². The number of oxime groups is 1. The molecule has 7 nitrogen and oxygen atoms in total. The van der Waals surface area contributed by atoms with E-state index in [4.69, 9.17) is 9.94 Å². The minimum absolute atomic E-state index is 0.0569. The number of benzene rings is 1. The Labute approximate surface area is 132 Å². The fourth-order valence-corrected chi connectivity index (χ4v) is 3.10. The molecular formula is C16H17N2O5+. The average Bonchev–Trinajstić information content (AvgIpc) is 3.01. The number of carboxylic acid groups (broad SMARTS) is 2. The fraction of sp³-hybridized carbons (Fsp3) is 0.312. The summed E-state index contributed by atoms with van der Waals surface area (Å²) in [6, 6.07) is 7.74. The Morgan fingerprint density at radius 1 is 1.30 bits per heavy atom. The predicted octanol–water partition coefficient (Wildman–Crippen LogP) is 1.68. The molecule has 0 amide bonds. The summed E-state index contributed by atoms with van der Waals surface area (Å²) in [6.45, 7) is 0. The second-order valence-electron chi connectivity index (χ2n) is 6.30. The Morgan fingerprint density at radius 3 is 2.61 bits per heavy atom. The van der Waals surface area contributed by atoms with Crippen molar-refractivity contribution >= 4 is 28.9 Å².